The van der Waals surface area contributed by atoms with Gasteiger partial charge in [-0.2, -0.15) is 0 Å². The molecule has 1 unspecified atom stereocenters. The van der Waals surface area contributed by atoms with Crippen molar-refractivity contribution in [2.45, 2.75) is 23.4 Å². The Balaban J connectivity index is 2.00. The van der Waals surface area contributed by atoms with Gasteiger partial charge in [-0.15, -0.1) is 10.2 Å². The number of hydrogen-bond donors (Lipinski definition) is 2. The lowest BCUT2D eigenvalue weighted by atomic mass is 10.2. The van der Waals surface area contributed by atoms with Crippen LogP contribution >= 0.6 is 23.1 Å². The number of hydrogen-bond acceptors (Lipinski definition) is 7. The minimum atomic E-state index is -0.293. The van der Waals surface area contributed by atoms with Crippen LogP contribution in [0.15, 0.2) is 22.5 Å². The zero-order chi connectivity index (χ0) is 15.4. The van der Waals surface area contributed by atoms with Crippen LogP contribution in [0.2, 0.25) is 0 Å². The molecule has 2 aromatic rings. The molecule has 0 bridgehead atoms. The van der Waals surface area contributed by atoms with Crippen molar-refractivity contribution in [1.29, 1.82) is 0 Å². The molecule has 0 saturated heterocycles. The number of aromatic nitrogens is 2. The van der Waals surface area contributed by atoms with Gasteiger partial charge in [-0.25, -0.2) is 0 Å². The maximum atomic E-state index is 12.2. The predicted molar refractivity (Wildman–Crippen MR) is 86.0 cm³/mol. The lowest BCUT2D eigenvalue weighted by molar-refractivity contribution is -0.115. The molecule has 0 aliphatic heterocycles. The zero-order valence-electron chi connectivity index (χ0n) is 11.9. The molecule has 0 radical (unpaired) electrons. The Morgan fingerprint density at radius 2 is 2.24 bits per heavy atom. The molecule has 1 amide bonds. The van der Waals surface area contributed by atoms with Gasteiger partial charge in [0.15, 0.2) is 4.34 Å². The SMILES string of the molecule is COc1ccc(NC(=O)C(C)Sc2nnc(C)s2)c(N)c1. The van der Waals surface area contributed by atoms with E-state index in [0.29, 0.717) is 17.1 Å². The van der Waals surface area contributed by atoms with E-state index in [4.69, 9.17) is 10.5 Å². The number of nitrogen functional groups attached to an aromatic ring is 1. The number of nitrogens with two attached hydrogens (primary N) is 1. The topological polar surface area (TPSA) is 90.1 Å². The Bertz CT molecular complexity index is 645. The highest BCUT2D eigenvalue weighted by Crippen LogP contribution is 2.28. The molecule has 0 spiro atoms. The summed E-state index contributed by atoms with van der Waals surface area (Å²) in [6, 6.07) is 5.14. The molecule has 8 heteroatoms. The lowest BCUT2D eigenvalue weighted by Gasteiger charge is -2.12. The molecule has 1 atom stereocenters. The molecule has 0 aliphatic carbocycles. The Morgan fingerprint density at radius 3 is 2.81 bits per heavy atom. The number of rotatable bonds is 5. The van der Waals surface area contributed by atoms with E-state index in [0.717, 1.165) is 9.35 Å². The van der Waals surface area contributed by atoms with Crippen LogP contribution in [0.25, 0.3) is 0 Å². The molecular weight excluding hydrogens is 308 g/mol. The minimum absolute atomic E-state index is 0.135. The number of nitrogens with zero attached hydrogens (tertiary/aromatic N) is 2. The highest BCUT2D eigenvalue weighted by molar-refractivity contribution is 8.02. The molecule has 0 aliphatic rings. The van der Waals surface area contributed by atoms with E-state index in [-0.39, 0.29) is 11.2 Å². The molecule has 6 nitrogen and oxygen atoms in total. The normalized spacial score (nSPS) is 12.0. The predicted octanol–water partition coefficient (Wildman–Crippen LogP) is 2.56. The van der Waals surface area contributed by atoms with Crippen LogP contribution in [-0.4, -0.2) is 28.5 Å². The molecule has 112 valence electrons. The standard InChI is InChI=1S/C13H16N4O2S2/c1-7(20-13-17-16-8(2)21-13)12(18)15-11-5-4-9(19-3)6-10(11)14/h4-7H,14H2,1-3H3,(H,15,18). The Kier molecular flexibility index (Phi) is 5.03. The molecule has 1 aromatic carbocycles. The van der Waals surface area contributed by atoms with Crippen molar-refractivity contribution < 1.29 is 9.53 Å². The lowest BCUT2D eigenvalue weighted by Crippen LogP contribution is -2.22. The summed E-state index contributed by atoms with van der Waals surface area (Å²) in [6.07, 6.45) is 0. The van der Waals surface area contributed by atoms with Crippen molar-refractivity contribution >= 4 is 40.4 Å². The minimum Gasteiger partial charge on any atom is -0.497 e. The molecule has 1 heterocycles. The van der Waals surface area contributed by atoms with Crippen LogP contribution in [0.5, 0.6) is 5.75 Å². The highest BCUT2D eigenvalue weighted by atomic mass is 32.2. The molecule has 0 fully saturated rings. The first-order valence-corrected chi connectivity index (χ1v) is 7.90. The first-order valence-electron chi connectivity index (χ1n) is 6.20. The third kappa shape index (κ3) is 4.08. The highest BCUT2D eigenvalue weighted by Gasteiger charge is 2.17. The van der Waals surface area contributed by atoms with Crippen LogP contribution in [0.3, 0.4) is 0 Å². The van der Waals surface area contributed by atoms with E-state index < -0.39 is 0 Å². The summed E-state index contributed by atoms with van der Waals surface area (Å²) in [5, 5.41) is 11.3. The molecule has 21 heavy (non-hydrogen) atoms. The van der Waals surface area contributed by atoms with Crippen LogP contribution in [-0.2, 0) is 4.79 Å². The van der Waals surface area contributed by atoms with Crippen LogP contribution in [0.1, 0.15) is 11.9 Å². The Morgan fingerprint density at radius 1 is 1.48 bits per heavy atom. The number of ether oxygens (including phenoxy) is 1. The van der Waals surface area contributed by atoms with Gasteiger partial charge in [-0.3, -0.25) is 4.79 Å². The second kappa shape index (κ2) is 6.77. The van der Waals surface area contributed by atoms with Gasteiger partial charge < -0.3 is 15.8 Å². The molecule has 2 rings (SSSR count). The van der Waals surface area contributed by atoms with Gasteiger partial charge in [0.05, 0.1) is 23.7 Å². The number of carbonyl (C=O) groups excluding carboxylic acids is 1. The second-order valence-corrected chi connectivity index (χ2v) is 7.06. The van der Waals surface area contributed by atoms with E-state index in [9.17, 15) is 4.79 Å². The van der Waals surface area contributed by atoms with Crippen molar-refractivity contribution in [1.82, 2.24) is 10.2 Å². The molecular formula is C13H16N4O2S2. The van der Waals surface area contributed by atoms with E-state index >= 15 is 0 Å². The summed E-state index contributed by atoms with van der Waals surface area (Å²) in [5.74, 6) is 0.516. The fourth-order valence-electron chi connectivity index (χ4n) is 1.55. The van der Waals surface area contributed by atoms with Crippen LogP contribution < -0.4 is 15.8 Å². The van der Waals surface area contributed by atoms with Crippen molar-refractivity contribution in [2.24, 2.45) is 0 Å². The largest absolute Gasteiger partial charge is 0.497 e. The maximum Gasteiger partial charge on any atom is 0.237 e. The van der Waals surface area contributed by atoms with Gasteiger partial charge in [-0.05, 0) is 26.0 Å². The average molecular weight is 324 g/mol. The summed E-state index contributed by atoms with van der Waals surface area (Å²) < 4.78 is 5.85. The number of thioether (sulfide) groups is 1. The number of amides is 1. The third-order valence-corrected chi connectivity index (χ3v) is 4.69. The third-order valence-electron chi connectivity index (χ3n) is 2.67. The monoisotopic (exact) mass is 324 g/mol. The summed E-state index contributed by atoms with van der Waals surface area (Å²) in [4.78, 5) is 12.2. The molecule has 1 aromatic heterocycles. The van der Waals surface area contributed by atoms with E-state index in [1.165, 1.54) is 23.1 Å². The van der Waals surface area contributed by atoms with Gasteiger partial charge in [0.2, 0.25) is 5.91 Å². The van der Waals surface area contributed by atoms with Crippen molar-refractivity contribution in [3.05, 3.63) is 23.2 Å². The second-order valence-electron chi connectivity index (χ2n) is 4.29. The average Bonchev–Trinajstić information content (AvgIpc) is 2.86. The first kappa shape index (κ1) is 15.6. The zero-order valence-corrected chi connectivity index (χ0v) is 13.5. The fourth-order valence-corrected chi connectivity index (χ4v) is 3.51. The van der Waals surface area contributed by atoms with Gasteiger partial charge in [0.1, 0.15) is 10.8 Å². The number of benzene rings is 1. The number of methoxy groups -OCH3 is 1. The summed E-state index contributed by atoms with van der Waals surface area (Å²) in [6.45, 7) is 3.70. The van der Waals surface area contributed by atoms with Gasteiger partial charge >= 0.3 is 0 Å². The molecule has 3 N–H and O–H groups in total. The van der Waals surface area contributed by atoms with Gasteiger partial charge in [0, 0.05) is 6.07 Å². The number of nitrogens with one attached hydrogen (secondary N) is 1. The Hall–Kier alpha value is -1.80. The number of aryl methyl sites for hydroxylation is 1. The number of carbonyl (C=O) groups is 1. The number of anilines is 2. The van der Waals surface area contributed by atoms with Gasteiger partial charge in [-0.1, -0.05) is 23.1 Å². The summed E-state index contributed by atoms with van der Waals surface area (Å²) in [7, 11) is 1.57. The van der Waals surface area contributed by atoms with Crippen LogP contribution in [0.4, 0.5) is 11.4 Å². The van der Waals surface area contributed by atoms with Gasteiger partial charge in [0.25, 0.3) is 0 Å². The maximum absolute atomic E-state index is 12.2. The first-order chi connectivity index (χ1) is 9.99. The molecule has 0 saturated carbocycles. The van der Waals surface area contributed by atoms with E-state index in [2.05, 4.69) is 15.5 Å². The Labute approximate surface area is 131 Å². The van der Waals surface area contributed by atoms with Crippen molar-refractivity contribution in [2.75, 3.05) is 18.2 Å². The quantitative estimate of drug-likeness (QED) is 0.649. The summed E-state index contributed by atoms with van der Waals surface area (Å²) in [5.41, 5.74) is 6.91. The van der Waals surface area contributed by atoms with Crippen LogP contribution in [0, 0.1) is 6.92 Å². The van der Waals surface area contributed by atoms with E-state index in [1.807, 2.05) is 13.8 Å². The van der Waals surface area contributed by atoms with Crippen molar-refractivity contribution in [3.8, 4) is 5.75 Å². The summed E-state index contributed by atoms with van der Waals surface area (Å²) >= 11 is 2.84. The smallest absolute Gasteiger partial charge is 0.237 e. The van der Waals surface area contributed by atoms with Crippen molar-refractivity contribution in [3.63, 3.8) is 0 Å². The van der Waals surface area contributed by atoms with E-state index in [1.54, 1.807) is 25.3 Å². The fraction of sp³-hybridized carbons (Fsp3) is 0.308.